The van der Waals surface area contributed by atoms with Crippen LogP contribution in [0.4, 0.5) is 5.69 Å². The van der Waals surface area contributed by atoms with E-state index in [9.17, 15) is 9.59 Å². The monoisotopic (exact) mass is 461 g/mol. The van der Waals surface area contributed by atoms with Crippen LogP contribution in [-0.4, -0.2) is 38.3 Å². The Labute approximate surface area is 198 Å². The highest BCUT2D eigenvalue weighted by atomic mass is 16.5. The first-order valence-electron chi connectivity index (χ1n) is 11.2. The van der Waals surface area contributed by atoms with Crippen LogP contribution in [0.15, 0.2) is 72.8 Å². The van der Waals surface area contributed by atoms with Gasteiger partial charge in [-0.3, -0.25) is 9.69 Å². The van der Waals surface area contributed by atoms with Crippen molar-refractivity contribution in [3.8, 4) is 17.2 Å². The van der Waals surface area contributed by atoms with Crippen LogP contribution in [0.3, 0.4) is 0 Å². The van der Waals surface area contributed by atoms with E-state index in [1.165, 1.54) is 0 Å². The lowest BCUT2D eigenvalue weighted by molar-refractivity contribution is -0.135. The summed E-state index contributed by atoms with van der Waals surface area (Å²) >= 11 is 0. The van der Waals surface area contributed by atoms with Gasteiger partial charge in [-0.25, -0.2) is 4.79 Å². The molecule has 0 saturated carbocycles. The molecule has 7 heteroatoms. The second-order valence-corrected chi connectivity index (χ2v) is 7.64. The molecule has 2 atom stereocenters. The molecule has 1 amide bonds. The third-order valence-electron chi connectivity index (χ3n) is 5.56. The maximum absolute atomic E-state index is 13.2. The van der Waals surface area contributed by atoms with Crippen molar-refractivity contribution in [1.82, 2.24) is 0 Å². The standard InChI is InChI=1S/C27H27NO6/c1-4-32-22-12-8-18(9-13-22)24-25(34-23-16-14-21(31-3)15-17-23)26(29)28(24)20-10-6-19(7-11-20)27(30)33-5-2/h6-17,24-25H,4-5H2,1-3H3/t24-,25-/m0/s1. The maximum Gasteiger partial charge on any atom is 0.338 e. The number of esters is 1. The van der Waals surface area contributed by atoms with E-state index in [0.29, 0.717) is 36.0 Å². The number of carbonyl (C=O) groups excluding carboxylic acids is 2. The van der Waals surface area contributed by atoms with Crippen LogP contribution in [0.2, 0.25) is 0 Å². The van der Waals surface area contributed by atoms with Crippen molar-refractivity contribution in [2.75, 3.05) is 25.2 Å². The molecule has 3 aromatic carbocycles. The van der Waals surface area contributed by atoms with Gasteiger partial charge in [-0.15, -0.1) is 0 Å². The summed E-state index contributed by atoms with van der Waals surface area (Å²) in [6, 6.07) is 21.2. The topological polar surface area (TPSA) is 74.3 Å². The van der Waals surface area contributed by atoms with Crippen LogP contribution in [0.1, 0.15) is 35.8 Å². The van der Waals surface area contributed by atoms with E-state index in [1.807, 2.05) is 31.2 Å². The van der Waals surface area contributed by atoms with Crippen molar-refractivity contribution in [2.45, 2.75) is 26.0 Å². The molecule has 0 bridgehead atoms. The fraction of sp³-hybridized carbons (Fsp3) is 0.259. The van der Waals surface area contributed by atoms with Gasteiger partial charge in [0.15, 0.2) is 0 Å². The second kappa shape index (κ2) is 10.3. The molecule has 3 aromatic rings. The van der Waals surface area contributed by atoms with Gasteiger partial charge in [0.2, 0.25) is 6.10 Å². The lowest BCUT2D eigenvalue weighted by Crippen LogP contribution is -2.61. The smallest absolute Gasteiger partial charge is 0.338 e. The number of benzene rings is 3. The lowest BCUT2D eigenvalue weighted by atomic mass is 9.89. The minimum Gasteiger partial charge on any atom is -0.497 e. The summed E-state index contributed by atoms with van der Waals surface area (Å²) in [5.41, 5.74) is 2.02. The summed E-state index contributed by atoms with van der Waals surface area (Å²) in [6.45, 7) is 4.56. The van der Waals surface area contributed by atoms with Gasteiger partial charge in [-0.1, -0.05) is 12.1 Å². The normalized spacial score (nSPS) is 17.0. The molecule has 1 aliphatic heterocycles. The molecule has 0 aliphatic carbocycles. The van der Waals surface area contributed by atoms with Crippen molar-refractivity contribution in [1.29, 1.82) is 0 Å². The molecular formula is C27H27NO6. The SMILES string of the molecule is CCOC(=O)c1ccc(N2C(=O)[C@@H](Oc3ccc(OC)cc3)[C@@H]2c2ccc(OCC)cc2)cc1. The minimum absolute atomic E-state index is 0.168. The van der Waals surface area contributed by atoms with Gasteiger partial charge in [-0.05, 0) is 80.1 Å². The van der Waals surface area contributed by atoms with Gasteiger partial charge >= 0.3 is 5.97 Å². The van der Waals surface area contributed by atoms with E-state index in [-0.39, 0.29) is 11.9 Å². The number of carbonyl (C=O) groups is 2. The van der Waals surface area contributed by atoms with Gasteiger partial charge in [0.1, 0.15) is 23.3 Å². The molecule has 0 spiro atoms. The van der Waals surface area contributed by atoms with Gasteiger partial charge in [-0.2, -0.15) is 0 Å². The van der Waals surface area contributed by atoms with E-state index in [2.05, 4.69) is 0 Å². The molecule has 176 valence electrons. The van der Waals surface area contributed by atoms with Crippen molar-refractivity contribution in [2.24, 2.45) is 0 Å². The molecule has 7 nitrogen and oxygen atoms in total. The van der Waals surface area contributed by atoms with Gasteiger partial charge in [0.05, 0.1) is 25.9 Å². The lowest BCUT2D eigenvalue weighted by Gasteiger charge is -2.46. The number of ether oxygens (including phenoxy) is 4. The van der Waals surface area contributed by atoms with Gasteiger partial charge < -0.3 is 18.9 Å². The van der Waals surface area contributed by atoms with Crippen LogP contribution in [-0.2, 0) is 9.53 Å². The Balaban J connectivity index is 1.62. The highest BCUT2D eigenvalue weighted by molar-refractivity contribution is 6.05. The minimum atomic E-state index is -0.698. The Kier molecular flexibility index (Phi) is 7.01. The highest BCUT2D eigenvalue weighted by Crippen LogP contribution is 2.42. The molecule has 1 heterocycles. The van der Waals surface area contributed by atoms with Crippen molar-refractivity contribution < 1.29 is 28.5 Å². The molecule has 1 saturated heterocycles. The second-order valence-electron chi connectivity index (χ2n) is 7.64. The van der Waals surface area contributed by atoms with E-state index in [0.717, 1.165) is 11.3 Å². The summed E-state index contributed by atoms with van der Waals surface area (Å²) in [7, 11) is 1.60. The third kappa shape index (κ3) is 4.69. The van der Waals surface area contributed by atoms with Crippen LogP contribution in [0.5, 0.6) is 17.2 Å². The van der Waals surface area contributed by atoms with E-state index < -0.39 is 12.1 Å². The molecule has 0 N–H and O–H groups in total. The van der Waals surface area contributed by atoms with E-state index in [4.69, 9.17) is 18.9 Å². The molecule has 1 fully saturated rings. The Morgan fingerprint density at radius 2 is 1.44 bits per heavy atom. The largest absolute Gasteiger partial charge is 0.497 e. The zero-order chi connectivity index (χ0) is 24.1. The summed E-state index contributed by atoms with van der Waals surface area (Å²) in [4.78, 5) is 26.9. The fourth-order valence-electron chi connectivity index (χ4n) is 3.89. The van der Waals surface area contributed by atoms with E-state index in [1.54, 1.807) is 67.5 Å². The zero-order valence-corrected chi connectivity index (χ0v) is 19.4. The number of anilines is 1. The number of rotatable bonds is 9. The number of hydrogen-bond acceptors (Lipinski definition) is 6. The summed E-state index contributed by atoms with van der Waals surface area (Å²) in [5, 5.41) is 0. The number of hydrogen-bond donors (Lipinski definition) is 0. The van der Waals surface area contributed by atoms with Crippen LogP contribution < -0.4 is 19.1 Å². The molecule has 4 rings (SSSR count). The van der Waals surface area contributed by atoms with E-state index >= 15 is 0 Å². The number of amides is 1. The highest BCUT2D eigenvalue weighted by Gasteiger charge is 2.51. The zero-order valence-electron chi connectivity index (χ0n) is 19.4. The molecule has 34 heavy (non-hydrogen) atoms. The van der Waals surface area contributed by atoms with Crippen molar-refractivity contribution in [3.05, 3.63) is 83.9 Å². The third-order valence-corrected chi connectivity index (χ3v) is 5.56. The summed E-state index contributed by atoms with van der Waals surface area (Å²) in [6.07, 6.45) is -0.698. The Bertz CT molecular complexity index is 1130. The van der Waals surface area contributed by atoms with Crippen molar-refractivity contribution >= 4 is 17.6 Å². The Hall–Kier alpha value is -4.00. The molecule has 0 radical (unpaired) electrons. The van der Waals surface area contributed by atoms with Crippen LogP contribution >= 0.6 is 0 Å². The molecule has 0 unspecified atom stereocenters. The molecular weight excluding hydrogens is 434 g/mol. The predicted octanol–water partition coefficient (Wildman–Crippen LogP) is 4.81. The van der Waals surface area contributed by atoms with Crippen LogP contribution in [0.25, 0.3) is 0 Å². The Morgan fingerprint density at radius 1 is 0.824 bits per heavy atom. The summed E-state index contributed by atoms with van der Waals surface area (Å²) in [5.74, 6) is 1.48. The molecule has 1 aliphatic rings. The summed E-state index contributed by atoms with van der Waals surface area (Å²) < 4.78 is 21.9. The first-order valence-corrected chi connectivity index (χ1v) is 11.2. The Morgan fingerprint density at radius 3 is 2.03 bits per heavy atom. The van der Waals surface area contributed by atoms with Gasteiger partial charge in [0, 0.05) is 5.69 Å². The van der Waals surface area contributed by atoms with Crippen molar-refractivity contribution in [3.63, 3.8) is 0 Å². The van der Waals surface area contributed by atoms with Gasteiger partial charge in [0.25, 0.3) is 5.91 Å². The average Bonchev–Trinajstić information content (AvgIpc) is 2.87. The first kappa shape index (κ1) is 23.2. The first-order chi connectivity index (χ1) is 16.5. The predicted molar refractivity (Wildman–Crippen MR) is 128 cm³/mol. The number of methoxy groups -OCH3 is 1. The maximum atomic E-state index is 13.2. The number of nitrogens with zero attached hydrogens (tertiary/aromatic N) is 1. The van der Waals surface area contributed by atoms with Crippen LogP contribution in [0, 0.1) is 0 Å². The number of β-lactam (4-membered cyclic amide) rings is 1. The molecule has 0 aromatic heterocycles. The quantitative estimate of drug-likeness (QED) is 0.336. The fourth-order valence-corrected chi connectivity index (χ4v) is 3.89. The average molecular weight is 462 g/mol.